The summed E-state index contributed by atoms with van der Waals surface area (Å²) in [4.78, 5) is 29.7. The Labute approximate surface area is 154 Å². The largest absolute Gasteiger partial charge is 0.549 e. The Morgan fingerprint density at radius 2 is 1.88 bits per heavy atom. The number of halogens is 1. The van der Waals surface area contributed by atoms with Gasteiger partial charge >= 0.3 is 0 Å². The lowest BCUT2D eigenvalue weighted by Gasteiger charge is -2.32. The molecule has 1 amide bonds. The van der Waals surface area contributed by atoms with Gasteiger partial charge < -0.3 is 9.90 Å². The highest BCUT2D eigenvalue weighted by Crippen LogP contribution is 2.30. The number of carbonyl (C=O) groups excluding carboxylic acids is 2. The number of nitrogens with zero attached hydrogens (tertiary/aromatic N) is 2. The number of carboxylic acids is 1. The van der Waals surface area contributed by atoms with Crippen LogP contribution in [-0.4, -0.2) is 27.2 Å². The van der Waals surface area contributed by atoms with Gasteiger partial charge in [-0.15, -0.1) is 0 Å². The number of thioether (sulfide) groups is 1. The molecule has 0 spiro atoms. The number of hydrogen-bond acceptors (Lipinski definition) is 5. The maximum atomic E-state index is 12.5. The van der Waals surface area contributed by atoms with Crippen LogP contribution >= 0.6 is 23.4 Å². The van der Waals surface area contributed by atoms with E-state index < -0.39 is 11.2 Å². The van der Waals surface area contributed by atoms with Crippen molar-refractivity contribution in [1.82, 2.24) is 4.90 Å². The molecule has 0 radical (unpaired) electrons. The molecule has 0 bridgehead atoms. The van der Waals surface area contributed by atoms with Gasteiger partial charge in [-0.3, -0.25) is 9.69 Å². The molecule has 1 saturated heterocycles. The fraction of sp³-hybridized carbons (Fsp3) is 0.167. The molecule has 0 N–H and O–H groups in total. The van der Waals surface area contributed by atoms with Crippen molar-refractivity contribution in [1.29, 1.82) is 0 Å². The normalized spacial score (nSPS) is 19.2. The summed E-state index contributed by atoms with van der Waals surface area (Å²) in [5.74, 6) is -1.55. The molecule has 0 aromatic heterocycles. The van der Waals surface area contributed by atoms with Crippen molar-refractivity contribution >= 4 is 46.1 Å². The third-order valence-corrected chi connectivity index (χ3v) is 5.06. The maximum absolute atomic E-state index is 12.5. The van der Waals surface area contributed by atoms with Crippen LogP contribution in [0.4, 0.5) is 5.69 Å². The van der Waals surface area contributed by atoms with Gasteiger partial charge in [-0.1, -0.05) is 53.7 Å². The summed E-state index contributed by atoms with van der Waals surface area (Å²) in [5, 5.41) is 11.3. The van der Waals surface area contributed by atoms with E-state index in [1.807, 2.05) is 30.3 Å². The molecule has 0 unspecified atom stereocenters. The summed E-state index contributed by atoms with van der Waals surface area (Å²) in [6.45, 7) is 0.300. The SMILES string of the molecule is O=C([O-])[C@H]1CC(=O)N(Cc2ccc(Cl)cc2)C(=Nc2ccccc2)S1. The summed E-state index contributed by atoms with van der Waals surface area (Å²) in [6, 6.07) is 16.2. The molecular formula is C18H14ClN2O3S-. The van der Waals surface area contributed by atoms with Gasteiger partial charge in [-0.25, -0.2) is 4.99 Å². The summed E-state index contributed by atoms with van der Waals surface area (Å²) in [6.07, 6.45) is -0.117. The van der Waals surface area contributed by atoms with Crippen LogP contribution in [0.2, 0.25) is 5.02 Å². The lowest BCUT2D eigenvalue weighted by molar-refractivity contribution is -0.304. The van der Waals surface area contributed by atoms with Gasteiger partial charge in [0.05, 0.1) is 23.5 Å². The zero-order chi connectivity index (χ0) is 17.8. The molecule has 7 heteroatoms. The van der Waals surface area contributed by atoms with Crippen LogP contribution in [0.3, 0.4) is 0 Å². The molecule has 2 aromatic rings. The average molecular weight is 374 g/mol. The monoisotopic (exact) mass is 373 g/mol. The molecule has 1 heterocycles. The number of amides is 1. The summed E-state index contributed by atoms with van der Waals surface area (Å²) in [7, 11) is 0. The first-order valence-corrected chi connectivity index (χ1v) is 8.85. The molecule has 0 aliphatic carbocycles. The van der Waals surface area contributed by atoms with Gasteiger partial charge in [0, 0.05) is 11.4 Å². The molecule has 128 valence electrons. The number of hydrogen-bond donors (Lipinski definition) is 0. The van der Waals surface area contributed by atoms with Gasteiger partial charge in [0.1, 0.15) is 0 Å². The van der Waals surface area contributed by atoms with Crippen LogP contribution in [0.15, 0.2) is 59.6 Å². The maximum Gasteiger partial charge on any atom is 0.230 e. The lowest BCUT2D eigenvalue weighted by Crippen LogP contribution is -2.47. The molecule has 2 aromatic carbocycles. The highest BCUT2D eigenvalue weighted by molar-refractivity contribution is 8.15. The van der Waals surface area contributed by atoms with Crippen molar-refractivity contribution in [2.24, 2.45) is 4.99 Å². The molecule has 1 aliphatic heterocycles. The number of carboxylic acid groups (broad SMARTS) is 1. The number of para-hydroxylation sites is 1. The zero-order valence-electron chi connectivity index (χ0n) is 13.1. The minimum Gasteiger partial charge on any atom is -0.549 e. The van der Waals surface area contributed by atoms with Crippen LogP contribution < -0.4 is 5.11 Å². The first-order valence-electron chi connectivity index (χ1n) is 7.59. The van der Waals surface area contributed by atoms with Crippen LogP contribution in [0.1, 0.15) is 12.0 Å². The van der Waals surface area contributed by atoms with E-state index >= 15 is 0 Å². The minimum absolute atomic E-state index is 0.117. The van der Waals surface area contributed by atoms with E-state index in [0.29, 0.717) is 22.4 Å². The Morgan fingerprint density at radius 1 is 1.20 bits per heavy atom. The quantitative estimate of drug-likeness (QED) is 0.825. The number of rotatable bonds is 4. The van der Waals surface area contributed by atoms with Gasteiger partial charge in [-0.2, -0.15) is 0 Å². The molecule has 1 atom stereocenters. The second kappa shape index (κ2) is 7.72. The summed E-state index contributed by atoms with van der Waals surface area (Å²) >= 11 is 6.93. The molecule has 5 nitrogen and oxygen atoms in total. The predicted molar refractivity (Wildman–Crippen MR) is 96.5 cm³/mol. The Kier molecular flexibility index (Phi) is 5.40. The smallest absolute Gasteiger partial charge is 0.230 e. The predicted octanol–water partition coefficient (Wildman–Crippen LogP) is 2.61. The van der Waals surface area contributed by atoms with Crippen molar-refractivity contribution in [2.75, 3.05) is 0 Å². The van der Waals surface area contributed by atoms with E-state index in [0.717, 1.165) is 17.3 Å². The zero-order valence-corrected chi connectivity index (χ0v) is 14.7. The van der Waals surface area contributed by atoms with Crippen molar-refractivity contribution < 1.29 is 14.7 Å². The molecule has 25 heavy (non-hydrogen) atoms. The van der Waals surface area contributed by atoms with Crippen molar-refractivity contribution in [3.8, 4) is 0 Å². The topological polar surface area (TPSA) is 72.8 Å². The number of benzene rings is 2. The summed E-state index contributed by atoms with van der Waals surface area (Å²) < 4.78 is 0. The van der Waals surface area contributed by atoms with Gasteiger partial charge in [0.25, 0.3) is 0 Å². The summed E-state index contributed by atoms with van der Waals surface area (Å²) in [5.41, 5.74) is 1.53. The van der Waals surface area contributed by atoms with Crippen LogP contribution in [0.25, 0.3) is 0 Å². The molecule has 0 saturated carbocycles. The van der Waals surface area contributed by atoms with Crippen LogP contribution in [0, 0.1) is 0 Å². The minimum atomic E-state index is -1.26. The van der Waals surface area contributed by atoms with E-state index in [4.69, 9.17) is 11.6 Å². The van der Waals surface area contributed by atoms with E-state index in [-0.39, 0.29) is 12.3 Å². The third kappa shape index (κ3) is 4.41. The van der Waals surface area contributed by atoms with Gasteiger partial charge in [0.15, 0.2) is 5.17 Å². The van der Waals surface area contributed by atoms with E-state index in [1.165, 1.54) is 4.90 Å². The molecule has 1 aliphatic rings. The second-order valence-electron chi connectivity index (χ2n) is 5.47. The fourth-order valence-electron chi connectivity index (χ4n) is 2.37. The highest BCUT2D eigenvalue weighted by Gasteiger charge is 2.32. The van der Waals surface area contributed by atoms with E-state index in [1.54, 1.807) is 24.3 Å². The second-order valence-corrected chi connectivity index (χ2v) is 7.07. The lowest BCUT2D eigenvalue weighted by atomic mass is 10.2. The highest BCUT2D eigenvalue weighted by atomic mass is 35.5. The van der Waals surface area contributed by atoms with Crippen molar-refractivity contribution in [2.45, 2.75) is 18.2 Å². The van der Waals surface area contributed by atoms with Crippen molar-refractivity contribution in [3.63, 3.8) is 0 Å². The average Bonchev–Trinajstić information content (AvgIpc) is 2.60. The molecular weight excluding hydrogens is 360 g/mol. The molecule has 3 rings (SSSR count). The first kappa shape index (κ1) is 17.5. The first-order chi connectivity index (χ1) is 12.0. The Balaban J connectivity index is 1.91. The fourth-order valence-corrected chi connectivity index (χ4v) is 3.52. The van der Waals surface area contributed by atoms with E-state index in [2.05, 4.69) is 4.99 Å². The number of aliphatic imine (C=N–C) groups is 1. The third-order valence-electron chi connectivity index (χ3n) is 3.64. The Hall–Kier alpha value is -2.31. The van der Waals surface area contributed by atoms with Gasteiger partial charge in [0.2, 0.25) is 5.91 Å². The number of aliphatic carboxylic acids is 1. The van der Waals surface area contributed by atoms with E-state index in [9.17, 15) is 14.7 Å². The Bertz CT molecular complexity index is 809. The molecule has 1 fully saturated rings. The van der Waals surface area contributed by atoms with Crippen molar-refractivity contribution in [3.05, 3.63) is 65.2 Å². The standard InChI is InChI=1S/C18H15ClN2O3S/c19-13-8-6-12(7-9-13)11-21-16(22)10-15(17(23)24)25-18(21)20-14-4-2-1-3-5-14/h1-9,15H,10-11H2,(H,23,24)/p-1/t15-/m1/s1. The van der Waals surface area contributed by atoms with Crippen LogP contribution in [0.5, 0.6) is 0 Å². The Morgan fingerprint density at radius 3 is 2.52 bits per heavy atom. The number of carbonyl (C=O) groups is 2. The van der Waals surface area contributed by atoms with Crippen LogP contribution in [-0.2, 0) is 16.1 Å². The van der Waals surface area contributed by atoms with Gasteiger partial charge in [-0.05, 0) is 29.8 Å². The number of amidine groups is 1.